The molecule has 4 rings (SSSR count). The second-order valence-electron chi connectivity index (χ2n) is 8.00. The summed E-state index contributed by atoms with van der Waals surface area (Å²) < 4.78 is 0. The first-order valence-corrected chi connectivity index (χ1v) is 11.5. The number of rotatable bonds is 7. The zero-order valence-corrected chi connectivity index (χ0v) is 19.9. The minimum Gasteiger partial charge on any atom is -0.351 e. The van der Waals surface area contributed by atoms with Gasteiger partial charge in [0.2, 0.25) is 11.9 Å². The molecule has 2 amide bonds. The molecular weight excluding hydrogens is 466 g/mol. The first-order valence-electron chi connectivity index (χ1n) is 11.2. The van der Waals surface area contributed by atoms with Crippen LogP contribution in [0.1, 0.15) is 35.2 Å². The number of fused-ring (bicyclic) bond motifs is 1. The van der Waals surface area contributed by atoms with Crippen molar-refractivity contribution in [3.8, 4) is 6.07 Å². The zero-order chi connectivity index (χ0) is 24.8. The van der Waals surface area contributed by atoms with Gasteiger partial charge in [0.15, 0.2) is 5.82 Å². The van der Waals surface area contributed by atoms with Gasteiger partial charge in [-0.3, -0.25) is 9.59 Å². The van der Waals surface area contributed by atoms with Crippen molar-refractivity contribution in [3.05, 3.63) is 64.8 Å². The Balaban J connectivity index is 1.54. The van der Waals surface area contributed by atoms with Crippen LogP contribution in [0.25, 0.3) is 0 Å². The van der Waals surface area contributed by atoms with Gasteiger partial charge in [0.05, 0.1) is 29.9 Å². The van der Waals surface area contributed by atoms with Gasteiger partial charge in [-0.05, 0) is 48.7 Å². The predicted octanol–water partition coefficient (Wildman–Crippen LogP) is 4.56. The second kappa shape index (κ2) is 10.8. The number of aryl methyl sites for hydroxylation is 1. The van der Waals surface area contributed by atoms with E-state index in [0.29, 0.717) is 29.4 Å². The van der Waals surface area contributed by atoms with Crippen LogP contribution in [0.15, 0.2) is 48.7 Å². The van der Waals surface area contributed by atoms with Gasteiger partial charge in [-0.1, -0.05) is 23.7 Å². The van der Waals surface area contributed by atoms with E-state index in [0.717, 1.165) is 29.8 Å². The smallest absolute Gasteiger partial charge is 0.253 e. The van der Waals surface area contributed by atoms with Crippen LogP contribution in [0, 0.1) is 11.3 Å². The Morgan fingerprint density at radius 3 is 2.86 bits per heavy atom. The Morgan fingerprint density at radius 1 is 1.20 bits per heavy atom. The third-order valence-corrected chi connectivity index (χ3v) is 5.88. The topological polar surface area (TPSA) is 123 Å². The number of carbonyl (C=O) groups is 2. The number of nitrogens with zero attached hydrogens (tertiary/aromatic N) is 4. The normalized spacial score (nSPS) is 12.8. The van der Waals surface area contributed by atoms with Crippen LogP contribution < -0.4 is 20.9 Å². The molecule has 178 valence electrons. The third kappa shape index (κ3) is 5.67. The molecule has 0 fully saturated rings. The molecule has 3 N–H and O–H groups in total. The fourth-order valence-corrected chi connectivity index (χ4v) is 3.95. The summed E-state index contributed by atoms with van der Waals surface area (Å²) in [5.41, 5.74) is 3.69. The summed E-state index contributed by atoms with van der Waals surface area (Å²) in [7, 11) is 1.79. The molecule has 0 atom stereocenters. The fourth-order valence-electron chi connectivity index (χ4n) is 3.81. The number of anilines is 5. The maximum Gasteiger partial charge on any atom is 0.253 e. The van der Waals surface area contributed by atoms with Crippen molar-refractivity contribution in [2.45, 2.75) is 25.7 Å². The maximum atomic E-state index is 12.5. The molecule has 35 heavy (non-hydrogen) atoms. The summed E-state index contributed by atoms with van der Waals surface area (Å²) in [6, 6.07) is 14.7. The van der Waals surface area contributed by atoms with Crippen LogP contribution in [0.5, 0.6) is 0 Å². The van der Waals surface area contributed by atoms with E-state index >= 15 is 0 Å². The van der Waals surface area contributed by atoms with Gasteiger partial charge < -0.3 is 20.9 Å². The van der Waals surface area contributed by atoms with Crippen LogP contribution in [-0.2, 0) is 11.2 Å². The van der Waals surface area contributed by atoms with Crippen molar-refractivity contribution in [1.29, 1.82) is 5.26 Å². The molecule has 1 aliphatic heterocycles. The molecule has 3 aromatic rings. The average Bonchev–Trinajstić information content (AvgIpc) is 2.99. The van der Waals surface area contributed by atoms with Crippen molar-refractivity contribution in [2.75, 3.05) is 29.1 Å². The Morgan fingerprint density at radius 2 is 2.03 bits per heavy atom. The Kier molecular flexibility index (Phi) is 7.43. The predicted molar refractivity (Wildman–Crippen MR) is 135 cm³/mol. The van der Waals surface area contributed by atoms with Gasteiger partial charge in [-0.2, -0.15) is 10.2 Å². The standard InChI is InChI=1S/C25H24ClN7O2/c1-33-21-11-10-17(14-16(21)6-4-9-22(33)34)30-25-29-15-19(26)23(32-25)31-20-8-3-2-7-18(20)24(35)28-13-5-12-27/h2-3,7-8,10-11,14-15H,4-6,9,13H2,1H3,(H,28,35)(H2,29,30,31,32). The van der Waals surface area contributed by atoms with Crippen molar-refractivity contribution < 1.29 is 9.59 Å². The molecule has 2 aromatic carbocycles. The molecule has 0 spiro atoms. The summed E-state index contributed by atoms with van der Waals surface area (Å²) >= 11 is 6.34. The molecule has 1 aromatic heterocycles. The Hall–Kier alpha value is -4.16. The second-order valence-corrected chi connectivity index (χ2v) is 8.41. The Labute approximate surface area is 208 Å². The lowest BCUT2D eigenvalue weighted by Gasteiger charge is -2.18. The largest absolute Gasteiger partial charge is 0.351 e. The van der Waals surface area contributed by atoms with E-state index in [1.165, 1.54) is 6.20 Å². The lowest BCUT2D eigenvalue weighted by atomic mass is 10.1. The van der Waals surface area contributed by atoms with Gasteiger partial charge in [0.1, 0.15) is 5.02 Å². The van der Waals surface area contributed by atoms with Gasteiger partial charge in [0.25, 0.3) is 5.91 Å². The lowest BCUT2D eigenvalue weighted by molar-refractivity contribution is -0.118. The highest BCUT2D eigenvalue weighted by molar-refractivity contribution is 6.33. The zero-order valence-electron chi connectivity index (χ0n) is 19.1. The lowest BCUT2D eigenvalue weighted by Crippen LogP contribution is -2.25. The average molecular weight is 490 g/mol. The first-order chi connectivity index (χ1) is 17.0. The quantitative estimate of drug-likeness (QED) is 0.415. The van der Waals surface area contributed by atoms with Gasteiger partial charge in [0, 0.05) is 31.4 Å². The van der Waals surface area contributed by atoms with E-state index in [-0.39, 0.29) is 29.8 Å². The van der Waals surface area contributed by atoms with Crippen LogP contribution >= 0.6 is 11.6 Å². The van der Waals surface area contributed by atoms with E-state index in [4.69, 9.17) is 16.9 Å². The fraction of sp³-hybridized carbons (Fsp3) is 0.240. The SMILES string of the molecule is CN1C(=O)CCCc2cc(Nc3ncc(Cl)c(Nc4ccccc4C(=O)NCCC#N)n3)ccc21. The highest BCUT2D eigenvalue weighted by atomic mass is 35.5. The molecule has 1 aliphatic rings. The molecular formula is C25H24ClN7O2. The number of halogens is 1. The van der Waals surface area contributed by atoms with E-state index in [2.05, 4.69) is 25.9 Å². The number of benzene rings is 2. The van der Waals surface area contributed by atoms with Crippen LogP contribution in [0.3, 0.4) is 0 Å². The van der Waals surface area contributed by atoms with Crippen LogP contribution in [0.4, 0.5) is 28.8 Å². The molecule has 0 unspecified atom stereocenters. The van der Waals surface area contributed by atoms with Crippen molar-refractivity contribution in [3.63, 3.8) is 0 Å². The molecule has 0 aliphatic carbocycles. The summed E-state index contributed by atoms with van der Waals surface area (Å²) in [6.45, 7) is 0.261. The number of hydrogen-bond acceptors (Lipinski definition) is 7. The number of nitriles is 1. The van der Waals surface area contributed by atoms with Crippen LogP contribution in [-0.4, -0.2) is 35.4 Å². The molecule has 9 nitrogen and oxygen atoms in total. The monoisotopic (exact) mass is 489 g/mol. The van der Waals surface area contributed by atoms with Gasteiger partial charge >= 0.3 is 0 Å². The van der Waals surface area contributed by atoms with Gasteiger partial charge in [-0.25, -0.2) is 4.98 Å². The first kappa shape index (κ1) is 24.0. The highest BCUT2D eigenvalue weighted by Gasteiger charge is 2.19. The van der Waals surface area contributed by atoms with Crippen LogP contribution in [0.2, 0.25) is 5.02 Å². The number of carbonyl (C=O) groups excluding carboxylic acids is 2. The van der Waals surface area contributed by atoms with E-state index in [1.807, 2.05) is 24.3 Å². The van der Waals surface area contributed by atoms with E-state index in [1.54, 1.807) is 36.2 Å². The summed E-state index contributed by atoms with van der Waals surface area (Å²) in [4.78, 5) is 35.1. The van der Waals surface area contributed by atoms with E-state index in [9.17, 15) is 9.59 Å². The molecule has 0 bridgehead atoms. The minimum absolute atomic E-state index is 0.111. The maximum absolute atomic E-state index is 12.5. The molecule has 0 radical (unpaired) electrons. The number of hydrogen-bond donors (Lipinski definition) is 3. The van der Waals surface area contributed by atoms with Crippen molar-refractivity contribution in [2.24, 2.45) is 0 Å². The van der Waals surface area contributed by atoms with Gasteiger partial charge in [-0.15, -0.1) is 0 Å². The Bertz CT molecular complexity index is 1310. The number of para-hydroxylation sites is 1. The molecule has 2 heterocycles. The van der Waals surface area contributed by atoms with Crippen molar-refractivity contribution >= 4 is 52.2 Å². The number of amides is 2. The highest BCUT2D eigenvalue weighted by Crippen LogP contribution is 2.31. The molecule has 0 saturated carbocycles. The summed E-state index contributed by atoms with van der Waals surface area (Å²) in [5.74, 6) is 0.466. The van der Waals surface area contributed by atoms with E-state index < -0.39 is 0 Å². The molecule has 10 heteroatoms. The number of aromatic nitrogens is 2. The minimum atomic E-state index is -0.305. The summed E-state index contributed by atoms with van der Waals surface area (Å²) in [5, 5.41) is 18.0. The van der Waals surface area contributed by atoms with Crippen molar-refractivity contribution in [1.82, 2.24) is 15.3 Å². The third-order valence-electron chi connectivity index (χ3n) is 5.60. The summed E-state index contributed by atoms with van der Waals surface area (Å²) in [6.07, 6.45) is 3.84. The number of nitrogens with one attached hydrogen (secondary N) is 3. The molecule has 0 saturated heterocycles.